The Kier molecular flexibility index (Phi) is 9.48. The number of hydrogen-bond donors (Lipinski definition) is 1. The third-order valence-electron chi connectivity index (χ3n) is 18.2. The summed E-state index contributed by atoms with van der Waals surface area (Å²) in [6.07, 6.45) is 2.38. The second-order valence-corrected chi connectivity index (χ2v) is 26.3. The van der Waals surface area contributed by atoms with Crippen molar-refractivity contribution in [3.63, 3.8) is 0 Å². The number of nitrogens with zero attached hydrogens (tertiary/aromatic N) is 1. The van der Waals surface area contributed by atoms with E-state index in [0.717, 1.165) is 46.1 Å². The molecule has 2 aliphatic carbocycles. The zero-order valence-electron chi connectivity index (χ0n) is 45.1. The van der Waals surface area contributed by atoms with Gasteiger partial charge in [-0.25, -0.2) is 0 Å². The quantitative estimate of drug-likeness (QED) is 0.174. The lowest BCUT2D eigenvalue weighted by atomic mass is 9.59. The molecule has 15 rings (SSSR count). The predicted octanol–water partition coefficient (Wildman–Crippen LogP) is 18.3. The van der Waals surface area contributed by atoms with E-state index in [-0.39, 0.29) is 21.7 Å². The van der Waals surface area contributed by atoms with Crippen molar-refractivity contribution in [1.82, 2.24) is 4.57 Å². The predicted molar refractivity (Wildman–Crippen MR) is 327 cm³/mol. The first-order valence-electron chi connectivity index (χ1n) is 27.4. The SMILES string of the molecule is CC(C)(C)c1ccc(Nc2cc3c(cc2-c2ccc4c5cc6c(cc5n5c4c2Bc2cc4sc(-c7ccccc7)c(-c7ccccc7)c4cc2-5)oc2ccccc26)-c2cc4c(cc2C3(C)C)C(C)(C)CCC4(C)C)cc1. The molecule has 0 saturated carbocycles. The van der Waals surface area contributed by atoms with Crippen LogP contribution in [0.3, 0.4) is 0 Å². The number of benzene rings is 9. The maximum absolute atomic E-state index is 6.71. The second-order valence-electron chi connectivity index (χ2n) is 25.2. The van der Waals surface area contributed by atoms with E-state index in [4.69, 9.17) is 4.42 Å². The summed E-state index contributed by atoms with van der Waals surface area (Å²) in [7, 11) is 0.794. The lowest BCUT2D eigenvalue weighted by Gasteiger charge is -2.42. The zero-order valence-corrected chi connectivity index (χ0v) is 45.9. The molecule has 370 valence electrons. The first-order chi connectivity index (χ1) is 36.5. The van der Waals surface area contributed by atoms with Crippen LogP contribution in [0, 0.1) is 0 Å². The van der Waals surface area contributed by atoms with Crippen LogP contribution < -0.4 is 16.2 Å². The van der Waals surface area contributed by atoms with E-state index < -0.39 is 0 Å². The fraction of sp³-hybridized carbons (Fsp3) is 0.211. The van der Waals surface area contributed by atoms with Gasteiger partial charge < -0.3 is 14.3 Å². The summed E-state index contributed by atoms with van der Waals surface area (Å²) in [5.74, 6) is 0. The summed E-state index contributed by atoms with van der Waals surface area (Å²) in [6, 6.07) is 64.5. The molecule has 0 atom stereocenters. The summed E-state index contributed by atoms with van der Waals surface area (Å²) < 4.78 is 10.6. The Bertz CT molecular complexity index is 4440. The van der Waals surface area contributed by atoms with Gasteiger partial charge in [0.2, 0.25) is 0 Å². The maximum atomic E-state index is 6.71. The van der Waals surface area contributed by atoms with Crippen molar-refractivity contribution in [3.8, 4) is 49.5 Å². The molecule has 9 aromatic carbocycles. The third kappa shape index (κ3) is 6.60. The first kappa shape index (κ1) is 45.8. The van der Waals surface area contributed by atoms with Crippen LogP contribution in [0.4, 0.5) is 11.4 Å². The molecule has 4 heterocycles. The van der Waals surface area contributed by atoms with Crippen LogP contribution >= 0.6 is 11.3 Å². The van der Waals surface area contributed by atoms with Crippen molar-refractivity contribution in [2.24, 2.45) is 0 Å². The second kappa shape index (κ2) is 15.7. The molecule has 76 heavy (non-hydrogen) atoms. The fourth-order valence-electron chi connectivity index (χ4n) is 13.8. The molecular weight excluding hydrogens is 940 g/mol. The Labute approximate surface area is 450 Å². The van der Waals surface area contributed by atoms with Gasteiger partial charge in [-0.3, -0.25) is 0 Å². The molecule has 0 unspecified atom stereocenters. The van der Waals surface area contributed by atoms with Gasteiger partial charge >= 0.3 is 0 Å². The number of para-hydroxylation sites is 1. The topological polar surface area (TPSA) is 30.1 Å². The minimum atomic E-state index is -0.198. The van der Waals surface area contributed by atoms with Gasteiger partial charge in [0.1, 0.15) is 11.2 Å². The number of nitrogens with one attached hydrogen (secondary N) is 1. The molecule has 0 amide bonds. The van der Waals surface area contributed by atoms with E-state index in [1.54, 1.807) is 0 Å². The number of furan rings is 1. The molecule has 3 nitrogen and oxygen atoms in total. The fourth-order valence-corrected chi connectivity index (χ4v) is 15.1. The van der Waals surface area contributed by atoms with Crippen LogP contribution in [-0.4, -0.2) is 11.8 Å². The molecule has 0 saturated heterocycles. The zero-order chi connectivity index (χ0) is 51.8. The summed E-state index contributed by atoms with van der Waals surface area (Å²) in [5, 5.41) is 10.2. The van der Waals surface area contributed by atoms with Crippen LogP contribution in [0.15, 0.2) is 174 Å². The minimum absolute atomic E-state index is 0.0543. The molecule has 1 aliphatic heterocycles. The van der Waals surface area contributed by atoms with Gasteiger partial charge in [-0.1, -0.05) is 177 Å². The Hall–Kier alpha value is -7.60. The molecule has 0 fully saturated rings. The monoisotopic (exact) mass is 1000 g/mol. The van der Waals surface area contributed by atoms with Crippen LogP contribution in [-0.2, 0) is 21.7 Å². The number of anilines is 2. The number of fused-ring (bicyclic) bond motifs is 13. The van der Waals surface area contributed by atoms with Crippen LogP contribution in [0.5, 0.6) is 0 Å². The standard InChI is InChI=1S/C71H61BN2OS/c1-68(2,3)42-24-26-43(27-25-42)73-58-37-54-47(48-34-55-56(36-53(48)71(54,8)9)70(6,7)31-30-69(55,4)5)32-49(58)45-28-29-46-50-33-51-44-22-16-17-23-61(44)75-62(51)39-59(50)74-60-35-52-63(38-57(60)72-65(45)66(46)74)76-67(41-20-14-11-15-21-41)64(52)40-18-12-10-13-19-40/h10-29,32-39,72-73H,30-31H2,1-9H3. The highest BCUT2D eigenvalue weighted by Crippen LogP contribution is 2.57. The van der Waals surface area contributed by atoms with Crippen LogP contribution in [0.2, 0.25) is 0 Å². The van der Waals surface area contributed by atoms with E-state index in [9.17, 15) is 0 Å². The van der Waals surface area contributed by atoms with Gasteiger partial charge in [0.05, 0.1) is 5.52 Å². The maximum Gasteiger partial charge on any atom is 0.198 e. The Morgan fingerprint density at radius 2 is 1.21 bits per heavy atom. The molecule has 0 bridgehead atoms. The molecule has 3 aromatic heterocycles. The van der Waals surface area contributed by atoms with Crippen LogP contribution in [0.25, 0.3) is 103 Å². The average molecular weight is 1000 g/mol. The number of rotatable bonds is 5. The van der Waals surface area contributed by atoms with Crippen molar-refractivity contribution in [2.75, 3.05) is 5.32 Å². The van der Waals surface area contributed by atoms with Gasteiger partial charge in [-0.2, -0.15) is 0 Å². The molecule has 3 aliphatic rings. The largest absolute Gasteiger partial charge is 0.456 e. The minimum Gasteiger partial charge on any atom is -0.456 e. The first-order valence-corrected chi connectivity index (χ1v) is 28.2. The smallest absolute Gasteiger partial charge is 0.198 e. The van der Waals surface area contributed by atoms with Crippen molar-refractivity contribution in [3.05, 3.63) is 198 Å². The van der Waals surface area contributed by atoms with Gasteiger partial charge in [-0.05, 0) is 145 Å². The van der Waals surface area contributed by atoms with Gasteiger partial charge in [-0.15, -0.1) is 11.3 Å². The Balaban J connectivity index is 1.02. The van der Waals surface area contributed by atoms with Gasteiger partial charge in [0, 0.05) is 81.7 Å². The number of aromatic nitrogens is 1. The summed E-state index contributed by atoms with van der Waals surface area (Å²) >= 11 is 1.92. The number of thiophene rings is 1. The van der Waals surface area contributed by atoms with Gasteiger partial charge in [0.25, 0.3) is 0 Å². The summed E-state index contributed by atoms with van der Waals surface area (Å²) in [6.45, 7) is 21.6. The van der Waals surface area contributed by atoms with E-state index in [1.165, 1.54) is 127 Å². The highest BCUT2D eigenvalue weighted by atomic mass is 32.1. The third-order valence-corrected chi connectivity index (χ3v) is 19.4. The molecule has 1 N–H and O–H groups in total. The van der Waals surface area contributed by atoms with Crippen molar-refractivity contribution >= 4 is 94.7 Å². The van der Waals surface area contributed by atoms with Crippen molar-refractivity contribution < 1.29 is 4.42 Å². The van der Waals surface area contributed by atoms with E-state index in [0.29, 0.717) is 0 Å². The lowest BCUT2D eigenvalue weighted by Crippen LogP contribution is -2.37. The molecule has 5 heteroatoms. The molecule has 0 radical (unpaired) electrons. The molecular formula is C71H61BN2OS. The van der Waals surface area contributed by atoms with Crippen molar-refractivity contribution in [2.45, 2.75) is 96.8 Å². The number of hydrogen-bond acceptors (Lipinski definition) is 3. The molecule has 0 spiro atoms. The highest BCUT2D eigenvalue weighted by Gasteiger charge is 2.43. The Morgan fingerprint density at radius 1 is 0.539 bits per heavy atom. The van der Waals surface area contributed by atoms with Crippen LogP contribution in [0.1, 0.15) is 103 Å². The lowest BCUT2D eigenvalue weighted by molar-refractivity contribution is 0.331. The average Bonchev–Trinajstić information content (AvgIpc) is 4.24. The highest BCUT2D eigenvalue weighted by molar-refractivity contribution is 7.23. The van der Waals surface area contributed by atoms with Crippen molar-refractivity contribution in [1.29, 1.82) is 0 Å². The van der Waals surface area contributed by atoms with E-state index in [2.05, 4.69) is 242 Å². The summed E-state index contributed by atoms with van der Waals surface area (Å²) in [4.78, 5) is 1.30. The normalized spacial score (nSPS) is 15.8. The van der Waals surface area contributed by atoms with E-state index in [1.807, 2.05) is 11.3 Å². The summed E-state index contributed by atoms with van der Waals surface area (Å²) in [5.41, 5.74) is 26.7. The molecule has 12 aromatic rings. The van der Waals surface area contributed by atoms with Gasteiger partial charge in [0.15, 0.2) is 7.28 Å². The van der Waals surface area contributed by atoms with E-state index >= 15 is 0 Å². The Morgan fingerprint density at radius 3 is 1.95 bits per heavy atom.